The lowest BCUT2D eigenvalue weighted by atomic mass is 10.0. The minimum atomic E-state index is -0.812. The Kier molecular flexibility index (Phi) is 6.73. The van der Waals surface area contributed by atoms with Crippen molar-refractivity contribution in [3.63, 3.8) is 0 Å². The Bertz CT molecular complexity index is 188. The molecule has 0 radical (unpaired) electrons. The molecule has 0 unspecified atom stereocenters. The lowest BCUT2D eigenvalue weighted by Gasteiger charge is -2.21. The molecule has 0 N–H and O–H groups in total. The zero-order valence-corrected chi connectivity index (χ0v) is 10.1. The summed E-state index contributed by atoms with van der Waals surface area (Å²) in [6.45, 7) is 6.18. The summed E-state index contributed by atoms with van der Waals surface area (Å²) in [5.41, 5.74) is 0. The van der Waals surface area contributed by atoms with E-state index in [2.05, 4.69) is 0 Å². The average molecular weight is 218 g/mol. The van der Waals surface area contributed by atoms with Crippen molar-refractivity contribution < 1.29 is 14.1 Å². The van der Waals surface area contributed by atoms with Gasteiger partial charge in [0.05, 0.1) is 6.61 Å². The third-order valence-corrected chi connectivity index (χ3v) is 3.62. The zero-order chi connectivity index (χ0) is 11.0. The van der Waals surface area contributed by atoms with Crippen molar-refractivity contribution in [2.45, 2.75) is 51.6 Å². The van der Waals surface area contributed by atoms with Gasteiger partial charge in [-0.2, -0.15) is 0 Å². The second-order valence-electron chi connectivity index (χ2n) is 3.32. The van der Waals surface area contributed by atoms with Crippen LogP contribution in [0.5, 0.6) is 0 Å². The maximum absolute atomic E-state index is 11.6. The molecular weight excluding hydrogens is 199 g/mol. The van der Waals surface area contributed by atoms with Crippen LogP contribution in [0.4, 0.5) is 0 Å². The predicted octanol–water partition coefficient (Wildman–Crippen LogP) is 3.18. The minimum Gasteiger partial charge on any atom is -0.465 e. The summed E-state index contributed by atoms with van der Waals surface area (Å²) in [4.78, 5) is 11.6. The van der Waals surface area contributed by atoms with E-state index >= 15 is 0 Å². The smallest absolute Gasteiger partial charge is 0.323 e. The van der Waals surface area contributed by atoms with Gasteiger partial charge >= 0.3 is 5.97 Å². The molecule has 0 spiro atoms. The number of hydrogen-bond acceptors (Lipinski definition) is 3. The first kappa shape index (κ1) is 13.6. The maximum atomic E-state index is 11.6. The van der Waals surface area contributed by atoms with E-state index in [4.69, 9.17) is 4.74 Å². The van der Waals surface area contributed by atoms with Gasteiger partial charge in [0.2, 0.25) is 0 Å². The van der Waals surface area contributed by atoms with Crippen LogP contribution in [0.15, 0.2) is 0 Å². The van der Waals surface area contributed by atoms with E-state index in [0.717, 1.165) is 12.8 Å². The van der Waals surface area contributed by atoms with Gasteiger partial charge in [0.25, 0.3) is 0 Å². The van der Waals surface area contributed by atoms with E-state index in [0.29, 0.717) is 19.4 Å². The van der Waals surface area contributed by atoms with Gasteiger partial charge in [0.1, 0.15) is 5.16 Å². The van der Waals surface area contributed by atoms with Crippen LogP contribution < -0.4 is 0 Å². The number of carbonyl (C=O) groups is 1. The molecule has 14 heavy (non-hydrogen) atoms. The molecule has 0 heterocycles. The largest absolute Gasteiger partial charge is 0.465 e. The van der Waals surface area contributed by atoms with Crippen molar-refractivity contribution in [2.75, 3.05) is 6.61 Å². The zero-order valence-electron chi connectivity index (χ0n) is 9.21. The Morgan fingerprint density at radius 2 is 1.86 bits per heavy atom. The molecule has 0 bridgehead atoms. The average Bonchev–Trinajstić information content (AvgIpc) is 2.22. The molecule has 0 saturated heterocycles. The van der Waals surface area contributed by atoms with Crippen LogP contribution in [0.2, 0.25) is 0 Å². The van der Waals surface area contributed by atoms with E-state index in [9.17, 15) is 9.36 Å². The first-order chi connectivity index (χ1) is 6.66. The SMILES string of the molecule is CCCCOC(=O)C(CC)(CC)P=O. The molecule has 0 aromatic rings. The van der Waals surface area contributed by atoms with E-state index in [1.54, 1.807) is 0 Å². The monoisotopic (exact) mass is 218 g/mol. The van der Waals surface area contributed by atoms with E-state index in [1.165, 1.54) is 0 Å². The number of hydrogen-bond donors (Lipinski definition) is 0. The summed E-state index contributed by atoms with van der Waals surface area (Å²) >= 11 is 0. The molecule has 0 aliphatic heterocycles. The number of ether oxygens (including phenoxy) is 1. The van der Waals surface area contributed by atoms with Crippen LogP contribution in [-0.2, 0) is 14.1 Å². The second-order valence-corrected chi connectivity index (χ2v) is 4.36. The third kappa shape index (κ3) is 3.38. The van der Waals surface area contributed by atoms with Crippen LogP contribution in [0.3, 0.4) is 0 Å². The Morgan fingerprint density at radius 3 is 2.21 bits per heavy atom. The Balaban J connectivity index is 4.22. The summed E-state index contributed by atoms with van der Waals surface area (Å²) in [6.07, 6.45) is 2.97. The van der Waals surface area contributed by atoms with Crippen molar-refractivity contribution in [3.8, 4) is 0 Å². The van der Waals surface area contributed by atoms with E-state index in [1.807, 2.05) is 20.8 Å². The molecule has 0 atom stereocenters. The maximum Gasteiger partial charge on any atom is 0.323 e. The molecular formula is C10H19O3P. The summed E-state index contributed by atoms with van der Waals surface area (Å²) in [5, 5.41) is -0.812. The molecule has 0 aromatic carbocycles. The van der Waals surface area contributed by atoms with Gasteiger partial charge in [-0.1, -0.05) is 27.2 Å². The highest BCUT2D eigenvalue weighted by Gasteiger charge is 2.37. The highest BCUT2D eigenvalue weighted by atomic mass is 31.1. The number of unbranched alkanes of at least 4 members (excludes halogenated alkanes) is 1. The predicted molar refractivity (Wildman–Crippen MR) is 56.8 cm³/mol. The van der Waals surface area contributed by atoms with E-state index < -0.39 is 5.16 Å². The molecule has 3 nitrogen and oxygen atoms in total. The summed E-state index contributed by atoms with van der Waals surface area (Å²) in [7, 11) is -0.127. The van der Waals surface area contributed by atoms with Gasteiger partial charge < -0.3 is 4.74 Å². The molecule has 0 fully saturated rings. The van der Waals surface area contributed by atoms with Gasteiger partial charge in [-0.15, -0.1) is 0 Å². The molecule has 0 aromatic heterocycles. The van der Waals surface area contributed by atoms with Crippen molar-refractivity contribution >= 4 is 14.4 Å². The normalized spacial score (nSPS) is 11.6. The van der Waals surface area contributed by atoms with E-state index in [-0.39, 0.29) is 14.4 Å². The van der Waals surface area contributed by atoms with Crippen molar-refractivity contribution in [1.29, 1.82) is 0 Å². The number of esters is 1. The van der Waals surface area contributed by atoms with Crippen LogP contribution >= 0.6 is 8.46 Å². The van der Waals surface area contributed by atoms with Crippen LogP contribution in [0.1, 0.15) is 46.5 Å². The first-order valence-corrected chi connectivity index (χ1v) is 5.99. The summed E-state index contributed by atoms with van der Waals surface area (Å²) < 4.78 is 16.0. The third-order valence-electron chi connectivity index (χ3n) is 2.46. The summed E-state index contributed by atoms with van der Waals surface area (Å²) in [6, 6.07) is 0. The molecule has 0 aliphatic carbocycles. The van der Waals surface area contributed by atoms with Crippen LogP contribution in [-0.4, -0.2) is 17.7 Å². The standard InChI is InChI=1S/C10H19O3P/c1-4-7-8-13-9(11)10(5-2,6-3)14-12/h4-8H2,1-3H3. The summed E-state index contributed by atoms with van der Waals surface area (Å²) in [5.74, 6) is -0.326. The van der Waals surface area contributed by atoms with Gasteiger partial charge in [-0.05, 0) is 19.3 Å². The lowest BCUT2D eigenvalue weighted by molar-refractivity contribution is -0.147. The fraction of sp³-hybridized carbons (Fsp3) is 0.900. The highest BCUT2D eigenvalue weighted by molar-refractivity contribution is 7.27. The van der Waals surface area contributed by atoms with Gasteiger partial charge in [-0.25, -0.2) is 0 Å². The Morgan fingerprint density at radius 1 is 1.29 bits per heavy atom. The van der Waals surface area contributed by atoms with Crippen molar-refractivity contribution in [1.82, 2.24) is 0 Å². The fourth-order valence-electron chi connectivity index (χ4n) is 1.15. The van der Waals surface area contributed by atoms with Crippen molar-refractivity contribution in [2.24, 2.45) is 0 Å². The Labute approximate surface area is 87.4 Å². The molecule has 4 heteroatoms. The molecule has 0 aliphatic rings. The quantitative estimate of drug-likeness (QED) is 0.374. The van der Waals surface area contributed by atoms with Gasteiger partial charge in [0, 0.05) is 0 Å². The number of rotatable bonds is 7. The van der Waals surface area contributed by atoms with Gasteiger partial charge in [-0.3, -0.25) is 9.36 Å². The van der Waals surface area contributed by atoms with Crippen LogP contribution in [0, 0.1) is 0 Å². The molecule has 0 amide bonds. The Hall–Kier alpha value is -0.430. The first-order valence-electron chi connectivity index (χ1n) is 5.18. The molecule has 0 saturated carbocycles. The van der Waals surface area contributed by atoms with Crippen LogP contribution in [0.25, 0.3) is 0 Å². The van der Waals surface area contributed by atoms with Crippen molar-refractivity contribution in [3.05, 3.63) is 0 Å². The molecule has 82 valence electrons. The second kappa shape index (κ2) is 6.94. The highest BCUT2D eigenvalue weighted by Crippen LogP contribution is 2.32. The minimum absolute atomic E-state index is 0.127. The van der Waals surface area contributed by atoms with Gasteiger partial charge in [0.15, 0.2) is 8.46 Å². The number of carbonyl (C=O) groups excluding carboxylic acids is 1. The fourth-order valence-corrected chi connectivity index (χ4v) is 1.55. The lowest BCUT2D eigenvalue weighted by Crippen LogP contribution is -2.33. The molecule has 0 rings (SSSR count). The topological polar surface area (TPSA) is 43.4 Å².